The Bertz CT molecular complexity index is 1010. The molecule has 1 amide bonds. The summed E-state index contributed by atoms with van der Waals surface area (Å²) in [5.41, 5.74) is 11.3. The molecule has 0 bridgehead atoms. The molecule has 1 aromatic heterocycles. The number of amides is 1. The topological polar surface area (TPSA) is 80.4 Å². The Morgan fingerprint density at radius 2 is 1.85 bits per heavy atom. The summed E-state index contributed by atoms with van der Waals surface area (Å²) in [6.07, 6.45) is 3.54. The van der Waals surface area contributed by atoms with E-state index in [1.54, 1.807) is 12.4 Å². The smallest absolute Gasteiger partial charge is 0.255 e. The Kier molecular flexibility index (Phi) is 3.97. The van der Waals surface area contributed by atoms with E-state index in [0.717, 1.165) is 27.8 Å². The van der Waals surface area contributed by atoms with Crippen LogP contribution in [0.4, 0.5) is 5.69 Å². The molecule has 3 N–H and O–H groups in total. The quantitative estimate of drug-likeness (QED) is 0.717. The molecule has 2 heterocycles. The zero-order chi connectivity index (χ0) is 18.1. The fourth-order valence-corrected chi connectivity index (χ4v) is 3.08. The van der Waals surface area contributed by atoms with Gasteiger partial charge >= 0.3 is 0 Å². The summed E-state index contributed by atoms with van der Waals surface area (Å²) in [6.45, 7) is 1.94. The maximum atomic E-state index is 12.5. The molecule has 5 heteroatoms. The average molecular weight is 342 g/mol. The van der Waals surface area contributed by atoms with Gasteiger partial charge in [0.15, 0.2) is 6.04 Å². The minimum atomic E-state index is -0.582. The first-order valence-electron chi connectivity index (χ1n) is 8.38. The molecule has 0 fully saturated rings. The van der Waals surface area contributed by atoms with E-state index in [0.29, 0.717) is 11.5 Å². The minimum absolute atomic E-state index is 0.149. The van der Waals surface area contributed by atoms with Crippen LogP contribution < -0.4 is 11.1 Å². The number of carbonyl (C=O) groups is 1. The molecular formula is C21H18N4O. The first-order valence-corrected chi connectivity index (χ1v) is 8.38. The van der Waals surface area contributed by atoms with Crippen LogP contribution in [0.25, 0.3) is 11.1 Å². The predicted molar refractivity (Wildman–Crippen MR) is 103 cm³/mol. The van der Waals surface area contributed by atoms with Gasteiger partial charge in [0.25, 0.3) is 5.91 Å². The number of nitrogens with zero attached hydrogens (tertiary/aromatic N) is 2. The number of rotatable bonds is 3. The van der Waals surface area contributed by atoms with Crippen molar-refractivity contribution in [3.05, 3.63) is 83.7 Å². The van der Waals surface area contributed by atoms with Crippen molar-refractivity contribution in [3.63, 3.8) is 0 Å². The Morgan fingerprint density at radius 1 is 1.04 bits per heavy atom. The number of anilines is 1. The third kappa shape index (κ3) is 2.84. The van der Waals surface area contributed by atoms with Crippen LogP contribution in [-0.2, 0) is 4.79 Å². The average Bonchev–Trinajstić information content (AvgIpc) is 3.06. The first kappa shape index (κ1) is 16.0. The first-order chi connectivity index (χ1) is 12.6. The van der Waals surface area contributed by atoms with Crippen LogP contribution in [0, 0.1) is 6.92 Å². The normalized spacial score (nSPS) is 16.3. The van der Waals surface area contributed by atoms with Gasteiger partial charge in [0.05, 0.1) is 0 Å². The largest absolute Gasteiger partial charge is 0.398 e. The highest BCUT2D eigenvalue weighted by Crippen LogP contribution is 2.28. The maximum Gasteiger partial charge on any atom is 0.255 e. The van der Waals surface area contributed by atoms with Crippen LogP contribution in [0.15, 0.2) is 72.0 Å². The fourth-order valence-electron chi connectivity index (χ4n) is 3.08. The lowest BCUT2D eigenvalue weighted by molar-refractivity contribution is -0.120. The van der Waals surface area contributed by atoms with Gasteiger partial charge in [-0.15, -0.1) is 0 Å². The molecule has 0 aliphatic carbocycles. The molecule has 0 radical (unpaired) electrons. The number of nitrogens with two attached hydrogens (primary N) is 1. The van der Waals surface area contributed by atoms with Crippen LogP contribution in [-0.4, -0.2) is 16.7 Å². The van der Waals surface area contributed by atoms with Crippen molar-refractivity contribution in [1.82, 2.24) is 10.3 Å². The molecule has 0 spiro atoms. The zero-order valence-electron chi connectivity index (χ0n) is 14.3. The van der Waals surface area contributed by atoms with Crippen molar-refractivity contribution >= 4 is 17.4 Å². The number of pyridine rings is 1. The Balaban J connectivity index is 1.71. The fraction of sp³-hybridized carbons (Fsp3) is 0.0952. The molecule has 1 aliphatic heterocycles. The van der Waals surface area contributed by atoms with Crippen molar-refractivity contribution in [1.29, 1.82) is 0 Å². The summed E-state index contributed by atoms with van der Waals surface area (Å²) < 4.78 is 0. The van der Waals surface area contributed by atoms with E-state index in [4.69, 9.17) is 5.73 Å². The molecule has 26 heavy (non-hydrogen) atoms. The SMILES string of the molecule is Cc1cccc(C2=NC(c3cccc(-c4cccnc4)c3)C(=O)N2)c1N. The van der Waals surface area contributed by atoms with Gasteiger partial charge in [0.2, 0.25) is 0 Å². The molecule has 3 aromatic rings. The van der Waals surface area contributed by atoms with Crippen LogP contribution in [0.3, 0.4) is 0 Å². The van der Waals surface area contributed by atoms with Gasteiger partial charge in [-0.05, 0) is 47.4 Å². The number of aryl methyl sites for hydroxylation is 1. The molecular weight excluding hydrogens is 324 g/mol. The van der Waals surface area contributed by atoms with Crippen molar-refractivity contribution in [2.45, 2.75) is 13.0 Å². The van der Waals surface area contributed by atoms with E-state index < -0.39 is 6.04 Å². The highest BCUT2D eigenvalue weighted by molar-refractivity contribution is 6.16. The van der Waals surface area contributed by atoms with E-state index >= 15 is 0 Å². The Hall–Kier alpha value is -3.47. The van der Waals surface area contributed by atoms with Crippen molar-refractivity contribution < 1.29 is 4.79 Å². The lowest BCUT2D eigenvalue weighted by atomic mass is 10.0. The molecule has 1 aliphatic rings. The third-order valence-corrected chi connectivity index (χ3v) is 4.52. The minimum Gasteiger partial charge on any atom is -0.398 e. The van der Waals surface area contributed by atoms with Crippen LogP contribution in [0.5, 0.6) is 0 Å². The van der Waals surface area contributed by atoms with Gasteiger partial charge in [0, 0.05) is 23.6 Å². The Labute approximate surface area is 151 Å². The number of nitrogen functional groups attached to an aromatic ring is 1. The molecule has 0 saturated heterocycles. The van der Waals surface area contributed by atoms with Crippen LogP contribution in [0.1, 0.15) is 22.7 Å². The number of nitrogens with one attached hydrogen (secondary N) is 1. The standard InChI is InChI=1S/C21H18N4O/c1-13-5-2-9-17(18(13)22)20-24-19(21(26)25-20)15-7-3-6-14(11-15)16-8-4-10-23-12-16/h2-12,19H,22H2,1H3,(H,24,25,26). The van der Waals surface area contributed by atoms with Crippen LogP contribution in [0.2, 0.25) is 0 Å². The van der Waals surface area contributed by atoms with Gasteiger partial charge in [-0.3, -0.25) is 9.78 Å². The summed E-state index contributed by atoms with van der Waals surface area (Å²) in [6, 6.07) is 16.8. The van der Waals surface area contributed by atoms with Gasteiger partial charge in [0.1, 0.15) is 5.84 Å². The molecule has 1 unspecified atom stereocenters. The predicted octanol–water partition coefficient (Wildman–Crippen LogP) is 3.26. The molecule has 1 atom stereocenters. The number of benzene rings is 2. The van der Waals surface area contributed by atoms with Crippen molar-refractivity contribution in [3.8, 4) is 11.1 Å². The summed E-state index contributed by atoms with van der Waals surface area (Å²) in [7, 11) is 0. The van der Waals surface area contributed by atoms with Gasteiger partial charge < -0.3 is 11.1 Å². The highest BCUT2D eigenvalue weighted by Gasteiger charge is 2.29. The summed E-state index contributed by atoms with van der Waals surface area (Å²) in [5, 5.41) is 2.86. The number of hydrogen-bond donors (Lipinski definition) is 2. The van der Waals surface area contributed by atoms with E-state index in [9.17, 15) is 4.79 Å². The molecule has 0 saturated carbocycles. The lowest BCUT2D eigenvalue weighted by Crippen LogP contribution is -2.27. The number of carbonyl (C=O) groups excluding carboxylic acids is 1. The van der Waals surface area contributed by atoms with Crippen molar-refractivity contribution in [2.24, 2.45) is 4.99 Å². The van der Waals surface area contributed by atoms with Gasteiger partial charge in [-0.2, -0.15) is 0 Å². The number of aliphatic imine (C=N–C) groups is 1. The van der Waals surface area contributed by atoms with Gasteiger partial charge in [-0.25, -0.2) is 4.99 Å². The molecule has 4 rings (SSSR count). The summed E-state index contributed by atoms with van der Waals surface area (Å²) in [5.74, 6) is 0.372. The maximum absolute atomic E-state index is 12.5. The number of aromatic nitrogens is 1. The second kappa shape index (κ2) is 6.44. The Morgan fingerprint density at radius 3 is 2.65 bits per heavy atom. The van der Waals surface area contributed by atoms with E-state index in [1.165, 1.54) is 0 Å². The second-order valence-electron chi connectivity index (χ2n) is 6.27. The second-order valence-corrected chi connectivity index (χ2v) is 6.27. The summed E-state index contributed by atoms with van der Waals surface area (Å²) in [4.78, 5) is 21.3. The van der Waals surface area contributed by atoms with E-state index in [1.807, 2.05) is 61.5 Å². The monoisotopic (exact) mass is 342 g/mol. The van der Waals surface area contributed by atoms with E-state index in [-0.39, 0.29) is 5.91 Å². The van der Waals surface area contributed by atoms with Crippen LogP contribution >= 0.6 is 0 Å². The molecule has 5 nitrogen and oxygen atoms in total. The lowest BCUT2D eigenvalue weighted by Gasteiger charge is -2.08. The number of amidine groups is 1. The molecule has 2 aromatic carbocycles. The molecule has 128 valence electrons. The number of hydrogen-bond acceptors (Lipinski definition) is 4. The third-order valence-electron chi connectivity index (χ3n) is 4.52. The summed E-state index contributed by atoms with van der Waals surface area (Å²) >= 11 is 0. The van der Waals surface area contributed by atoms with E-state index in [2.05, 4.69) is 15.3 Å². The van der Waals surface area contributed by atoms with Crippen molar-refractivity contribution in [2.75, 3.05) is 5.73 Å². The number of para-hydroxylation sites is 1. The highest BCUT2D eigenvalue weighted by atomic mass is 16.2. The zero-order valence-corrected chi connectivity index (χ0v) is 14.3. The van der Waals surface area contributed by atoms with Gasteiger partial charge in [-0.1, -0.05) is 36.4 Å².